The first-order chi connectivity index (χ1) is 14.3. The SMILES string of the molecule is NC(=O)c1ncn2c(C(=O)O)cc(C(=O)NCc3ccc4c(c3)NC(=O)CO4)nc12. The number of nitrogens with two attached hydrogens (primary N) is 1. The van der Waals surface area contributed by atoms with Crippen LogP contribution in [-0.2, 0) is 11.3 Å². The molecule has 0 aliphatic carbocycles. The fourth-order valence-electron chi connectivity index (χ4n) is 2.94. The summed E-state index contributed by atoms with van der Waals surface area (Å²) < 4.78 is 6.33. The van der Waals surface area contributed by atoms with Crippen molar-refractivity contribution in [3.05, 3.63) is 53.2 Å². The number of ether oxygens (including phenoxy) is 1. The smallest absolute Gasteiger partial charge is 0.353 e. The fraction of sp³-hybridized carbons (Fsp3) is 0.111. The number of benzene rings is 1. The van der Waals surface area contributed by atoms with Crippen molar-refractivity contribution in [2.24, 2.45) is 5.73 Å². The Morgan fingerprint density at radius 2 is 2.10 bits per heavy atom. The zero-order valence-electron chi connectivity index (χ0n) is 15.2. The van der Waals surface area contributed by atoms with Crippen LogP contribution in [0, 0.1) is 0 Å². The van der Waals surface area contributed by atoms with Gasteiger partial charge < -0.3 is 26.2 Å². The summed E-state index contributed by atoms with van der Waals surface area (Å²) in [7, 11) is 0. The molecule has 2 aromatic heterocycles. The number of fused-ring (bicyclic) bond motifs is 2. The number of carbonyl (C=O) groups excluding carboxylic acids is 3. The zero-order valence-corrected chi connectivity index (χ0v) is 15.2. The summed E-state index contributed by atoms with van der Waals surface area (Å²) in [5.41, 5.74) is 5.46. The molecular formula is C18H14N6O6. The number of nitrogens with zero attached hydrogens (tertiary/aromatic N) is 3. The number of primary amides is 1. The number of anilines is 1. The van der Waals surface area contributed by atoms with Crippen molar-refractivity contribution in [2.75, 3.05) is 11.9 Å². The molecule has 1 aromatic carbocycles. The first kappa shape index (κ1) is 18.9. The number of hydrogen-bond donors (Lipinski definition) is 4. The van der Waals surface area contributed by atoms with Crippen molar-refractivity contribution < 1.29 is 29.0 Å². The van der Waals surface area contributed by atoms with Gasteiger partial charge in [0.05, 0.1) is 5.69 Å². The minimum absolute atomic E-state index is 0.0645. The van der Waals surface area contributed by atoms with E-state index in [-0.39, 0.29) is 41.8 Å². The van der Waals surface area contributed by atoms with Crippen LogP contribution in [0.15, 0.2) is 30.6 Å². The standard InChI is InChI=1S/C18H14N6O6/c19-15(26)14-16-23-10(4-11(18(28)29)24(16)7-21-14)17(27)20-5-8-1-2-12-9(3-8)22-13(25)6-30-12/h1-4,7H,5-6H2,(H2,19,26)(H,20,27)(H,22,25)(H,28,29). The molecule has 3 heterocycles. The van der Waals surface area contributed by atoms with Crippen LogP contribution in [0.25, 0.3) is 5.65 Å². The average Bonchev–Trinajstić information content (AvgIpc) is 3.15. The number of hydrogen-bond acceptors (Lipinski definition) is 7. The van der Waals surface area contributed by atoms with Crippen LogP contribution in [0.2, 0.25) is 0 Å². The van der Waals surface area contributed by atoms with E-state index in [0.29, 0.717) is 17.0 Å². The number of aromatic carboxylic acids is 1. The Morgan fingerprint density at radius 3 is 2.83 bits per heavy atom. The Hall–Kier alpha value is -4.48. The average molecular weight is 410 g/mol. The van der Waals surface area contributed by atoms with Crippen molar-refractivity contribution in [3.63, 3.8) is 0 Å². The third kappa shape index (κ3) is 3.37. The van der Waals surface area contributed by atoms with Crippen LogP contribution in [0.5, 0.6) is 5.75 Å². The molecule has 5 N–H and O–H groups in total. The highest BCUT2D eigenvalue weighted by atomic mass is 16.5. The summed E-state index contributed by atoms with van der Waals surface area (Å²) >= 11 is 0. The third-order valence-corrected chi connectivity index (χ3v) is 4.32. The molecular weight excluding hydrogens is 396 g/mol. The molecule has 12 heteroatoms. The number of nitrogens with one attached hydrogen (secondary N) is 2. The molecule has 0 atom stereocenters. The van der Waals surface area contributed by atoms with Gasteiger partial charge >= 0.3 is 5.97 Å². The Balaban J connectivity index is 1.60. The van der Waals surface area contributed by atoms with Crippen LogP contribution in [0.4, 0.5) is 5.69 Å². The minimum atomic E-state index is -1.34. The molecule has 12 nitrogen and oxygen atoms in total. The van der Waals surface area contributed by atoms with Gasteiger partial charge in [0.2, 0.25) is 0 Å². The Bertz CT molecular complexity index is 1230. The van der Waals surface area contributed by atoms with Gasteiger partial charge in [-0.05, 0) is 17.7 Å². The monoisotopic (exact) mass is 410 g/mol. The lowest BCUT2D eigenvalue weighted by Gasteiger charge is -2.18. The second-order valence-electron chi connectivity index (χ2n) is 6.33. The van der Waals surface area contributed by atoms with Gasteiger partial charge in [0.15, 0.2) is 17.9 Å². The largest absolute Gasteiger partial charge is 0.482 e. The van der Waals surface area contributed by atoms with E-state index < -0.39 is 17.8 Å². The normalized spacial score (nSPS) is 12.6. The van der Waals surface area contributed by atoms with Crippen molar-refractivity contribution in [3.8, 4) is 5.75 Å². The molecule has 0 radical (unpaired) electrons. The summed E-state index contributed by atoms with van der Waals surface area (Å²) in [5.74, 6) is -2.68. The van der Waals surface area contributed by atoms with Gasteiger partial charge in [0.1, 0.15) is 23.5 Å². The first-order valence-corrected chi connectivity index (χ1v) is 8.58. The van der Waals surface area contributed by atoms with Gasteiger partial charge in [0, 0.05) is 12.6 Å². The van der Waals surface area contributed by atoms with Crippen molar-refractivity contribution in [2.45, 2.75) is 6.54 Å². The first-order valence-electron chi connectivity index (χ1n) is 8.58. The molecule has 152 valence electrons. The number of amides is 3. The topological polar surface area (TPSA) is 178 Å². The Morgan fingerprint density at radius 1 is 1.30 bits per heavy atom. The van der Waals surface area contributed by atoms with E-state index in [0.717, 1.165) is 16.8 Å². The van der Waals surface area contributed by atoms with Crippen LogP contribution in [0.3, 0.4) is 0 Å². The summed E-state index contributed by atoms with van der Waals surface area (Å²) in [6, 6.07) is 6.08. The highest BCUT2D eigenvalue weighted by Gasteiger charge is 2.21. The van der Waals surface area contributed by atoms with Gasteiger partial charge in [0.25, 0.3) is 17.7 Å². The number of rotatable bonds is 5. The van der Waals surface area contributed by atoms with Crippen LogP contribution < -0.4 is 21.1 Å². The van der Waals surface area contributed by atoms with Crippen molar-refractivity contribution >= 4 is 35.0 Å². The van der Waals surface area contributed by atoms with Gasteiger partial charge in [-0.3, -0.25) is 18.8 Å². The summed E-state index contributed by atoms with van der Waals surface area (Å²) in [6.07, 6.45) is 1.09. The fourth-order valence-corrected chi connectivity index (χ4v) is 2.94. The van der Waals surface area contributed by atoms with Gasteiger partial charge in [-0.2, -0.15) is 0 Å². The molecule has 30 heavy (non-hydrogen) atoms. The molecule has 3 aromatic rings. The van der Waals surface area contributed by atoms with E-state index >= 15 is 0 Å². The molecule has 0 spiro atoms. The molecule has 0 bridgehead atoms. The molecule has 1 aliphatic heterocycles. The highest BCUT2D eigenvalue weighted by Crippen LogP contribution is 2.28. The van der Waals surface area contributed by atoms with Crippen molar-refractivity contribution in [1.29, 1.82) is 0 Å². The second-order valence-corrected chi connectivity index (χ2v) is 6.33. The number of carboxylic acids is 1. The lowest BCUT2D eigenvalue weighted by molar-refractivity contribution is -0.118. The molecule has 0 unspecified atom stereocenters. The van der Waals surface area contributed by atoms with E-state index in [1.54, 1.807) is 18.2 Å². The number of imidazole rings is 1. The van der Waals surface area contributed by atoms with E-state index in [1.807, 2.05) is 0 Å². The Kier molecular flexibility index (Phi) is 4.50. The molecule has 0 saturated carbocycles. The van der Waals surface area contributed by atoms with E-state index in [2.05, 4.69) is 20.6 Å². The van der Waals surface area contributed by atoms with Gasteiger partial charge in [-0.15, -0.1) is 0 Å². The van der Waals surface area contributed by atoms with Gasteiger partial charge in [-0.1, -0.05) is 6.07 Å². The lowest BCUT2D eigenvalue weighted by atomic mass is 10.1. The second kappa shape index (κ2) is 7.16. The van der Waals surface area contributed by atoms with E-state index in [9.17, 15) is 24.3 Å². The summed E-state index contributed by atoms with van der Waals surface area (Å²) in [4.78, 5) is 54.9. The predicted octanol–water partition coefficient (Wildman–Crippen LogP) is -0.213. The van der Waals surface area contributed by atoms with Crippen LogP contribution in [-0.4, -0.2) is 49.8 Å². The third-order valence-electron chi connectivity index (χ3n) is 4.32. The maximum atomic E-state index is 12.6. The number of carboxylic acid groups (broad SMARTS) is 1. The van der Waals surface area contributed by atoms with Crippen LogP contribution in [0.1, 0.15) is 37.0 Å². The quantitative estimate of drug-likeness (QED) is 0.446. The van der Waals surface area contributed by atoms with E-state index in [1.165, 1.54) is 0 Å². The van der Waals surface area contributed by atoms with Crippen LogP contribution >= 0.6 is 0 Å². The summed E-state index contributed by atoms with van der Waals surface area (Å²) in [6.45, 7) is 0.00418. The lowest BCUT2D eigenvalue weighted by Crippen LogP contribution is -2.27. The van der Waals surface area contributed by atoms with Gasteiger partial charge in [-0.25, -0.2) is 14.8 Å². The predicted molar refractivity (Wildman–Crippen MR) is 100 cm³/mol. The van der Waals surface area contributed by atoms with E-state index in [4.69, 9.17) is 10.5 Å². The number of aromatic nitrogens is 3. The minimum Gasteiger partial charge on any atom is -0.482 e. The highest BCUT2D eigenvalue weighted by molar-refractivity contribution is 6.00. The molecule has 0 fully saturated rings. The number of carbonyl (C=O) groups is 4. The zero-order chi connectivity index (χ0) is 21.4. The summed E-state index contributed by atoms with van der Waals surface area (Å²) in [5, 5.41) is 14.7. The molecule has 1 aliphatic rings. The molecule has 0 saturated heterocycles. The molecule has 3 amide bonds. The maximum absolute atomic E-state index is 12.6. The Labute approximate surface area is 167 Å². The maximum Gasteiger partial charge on any atom is 0.353 e. The molecule has 4 rings (SSSR count). The van der Waals surface area contributed by atoms with Crippen molar-refractivity contribution in [1.82, 2.24) is 19.7 Å².